The lowest BCUT2D eigenvalue weighted by molar-refractivity contribution is -0.119. The molecule has 1 aliphatic rings. The van der Waals surface area contributed by atoms with E-state index in [1.165, 1.54) is 19.1 Å². The van der Waals surface area contributed by atoms with Gasteiger partial charge in [-0.25, -0.2) is 4.79 Å². The number of rotatable bonds is 4. The van der Waals surface area contributed by atoms with Gasteiger partial charge < -0.3 is 20.5 Å². The second kappa shape index (κ2) is 6.72. The van der Waals surface area contributed by atoms with Crippen LogP contribution in [-0.2, 0) is 11.2 Å². The molecule has 0 fully saturated rings. The quantitative estimate of drug-likeness (QED) is 0.891. The van der Waals surface area contributed by atoms with Crippen molar-refractivity contribution in [2.24, 2.45) is 5.73 Å². The zero-order valence-electron chi connectivity index (χ0n) is 14.0. The first kappa shape index (κ1) is 16.6. The number of nitrogens with zero attached hydrogens (tertiary/aromatic N) is 1. The monoisotopic (exact) mass is 341 g/mol. The Labute approximate surface area is 145 Å². The van der Waals surface area contributed by atoms with Gasteiger partial charge in [0.15, 0.2) is 11.5 Å². The van der Waals surface area contributed by atoms with E-state index < -0.39 is 18.0 Å². The Balaban J connectivity index is 1.88. The number of urea groups is 1. The van der Waals surface area contributed by atoms with Gasteiger partial charge in [0.2, 0.25) is 5.91 Å². The maximum absolute atomic E-state index is 12.8. The summed E-state index contributed by atoms with van der Waals surface area (Å²) in [7, 11) is 3.05. The van der Waals surface area contributed by atoms with Crippen LogP contribution in [0.4, 0.5) is 16.2 Å². The largest absolute Gasteiger partial charge is 0.493 e. The predicted octanol–water partition coefficient (Wildman–Crippen LogP) is 2.15. The highest BCUT2D eigenvalue weighted by atomic mass is 16.5. The molecule has 2 aromatic carbocycles. The van der Waals surface area contributed by atoms with Crippen LogP contribution < -0.4 is 25.4 Å². The topological polar surface area (TPSA) is 93.9 Å². The molecule has 1 heterocycles. The molecular formula is C18H19N3O4. The summed E-state index contributed by atoms with van der Waals surface area (Å²) in [5, 5.41) is 2.78. The lowest BCUT2D eigenvalue weighted by Gasteiger charge is -2.24. The third-order valence-corrected chi connectivity index (χ3v) is 4.16. The molecule has 1 unspecified atom stereocenters. The molecule has 7 heteroatoms. The van der Waals surface area contributed by atoms with Gasteiger partial charge >= 0.3 is 6.03 Å². The van der Waals surface area contributed by atoms with Crippen LogP contribution in [0.3, 0.4) is 0 Å². The van der Waals surface area contributed by atoms with E-state index in [0.29, 0.717) is 29.3 Å². The first-order valence-corrected chi connectivity index (χ1v) is 7.74. The summed E-state index contributed by atoms with van der Waals surface area (Å²) in [6.45, 7) is 0. The van der Waals surface area contributed by atoms with Crippen LogP contribution in [0, 0.1) is 0 Å². The summed E-state index contributed by atoms with van der Waals surface area (Å²) >= 11 is 0. The highest BCUT2D eigenvalue weighted by Crippen LogP contribution is 2.34. The highest BCUT2D eigenvalue weighted by molar-refractivity contribution is 6.08. The first-order chi connectivity index (χ1) is 12.0. The molecule has 7 nitrogen and oxygen atoms in total. The molecule has 130 valence electrons. The summed E-state index contributed by atoms with van der Waals surface area (Å²) in [6.07, 6.45) is 0.408. The molecule has 1 aliphatic heterocycles. The number of hydrogen-bond acceptors (Lipinski definition) is 4. The fraction of sp³-hybridized carbons (Fsp3) is 0.222. The van der Waals surface area contributed by atoms with E-state index in [1.807, 2.05) is 18.2 Å². The zero-order valence-corrected chi connectivity index (χ0v) is 14.0. The molecule has 3 amide bonds. The Hall–Kier alpha value is -3.22. The molecule has 1 atom stereocenters. The number of nitrogens with two attached hydrogens (primary N) is 1. The molecule has 0 bridgehead atoms. The van der Waals surface area contributed by atoms with Gasteiger partial charge in [-0.3, -0.25) is 9.69 Å². The summed E-state index contributed by atoms with van der Waals surface area (Å²) in [5.41, 5.74) is 7.60. The SMILES string of the molecule is COc1ccc(NC(=O)N2c3ccccc3CC2C(N)=O)cc1OC. The van der Waals surface area contributed by atoms with Crippen molar-refractivity contribution in [3.8, 4) is 11.5 Å². The van der Waals surface area contributed by atoms with E-state index in [0.717, 1.165) is 5.56 Å². The van der Waals surface area contributed by atoms with Crippen molar-refractivity contribution >= 4 is 23.3 Å². The van der Waals surface area contributed by atoms with Crippen LogP contribution >= 0.6 is 0 Å². The minimum atomic E-state index is -0.711. The lowest BCUT2D eigenvalue weighted by Crippen LogP contribution is -2.47. The Morgan fingerprint density at radius 3 is 2.52 bits per heavy atom. The Morgan fingerprint density at radius 2 is 1.84 bits per heavy atom. The Bertz CT molecular complexity index is 822. The molecule has 0 radical (unpaired) electrons. The molecule has 0 aliphatic carbocycles. The van der Waals surface area contributed by atoms with E-state index in [-0.39, 0.29) is 0 Å². The fourth-order valence-electron chi connectivity index (χ4n) is 2.96. The number of nitrogens with one attached hydrogen (secondary N) is 1. The average molecular weight is 341 g/mol. The number of hydrogen-bond donors (Lipinski definition) is 2. The minimum Gasteiger partial charge on any atom is -0.493 e. The van der Waals surface area contributed by atoms with Crippen LogP contribution in [0.25, 0.3) is 0 Å². The zero-order chi connectivity index (χ0) is 18.0. The number of anilines is 2. The smallest absolute Gasteiger partial charge is 0.327 e. The molecule has 25 heavy (non-hydrogen) atoms. The van der Waals surface area contributed by atoms with Gasteiger partial charge in [0, 0.05) is 23.9 Å². The van der Waals surface area contributed by atoms with E-state index in [4.69, 9.17) is 15.2 Å². The summed E-state index contributed by atoms with van der Waals surface area (Å²) in [5.74, 6) is 0.509. The van der Waals surface area contributed by atoms with Crippen molar-refractivity contribution < 1.29 is 19.1 Å². The minimum absolute atomic E-state index is 0.408. The van der Waals surface area contributed by atoms with Crippen LogP contribution in [0.15, 0.2) is 42.5 Å². The van der Waals surface area contributed by atoms with Crippen molar-refractivity contribution in [2.45, 2.75) is 12.5 Å². The van der Waals surface area contributed by atoms with Gasteiger partial charge in [-0.1, -0.05) is 18.2 Å². The number of primary amides is 1. The number of carbonyl (C=O) groups excluding carboxylic acids is 2. The molecule has 0 saturated carbocycles. The van der Waals surface area contributed by atoms with Gasteiger partial charge in [0.1, 0.15) is 6.04 Å². The average Bonchev–Trinajstić information content (AvgIpc) is 3.01. The van der Waals surface area contributed by atoms with Crippen molar-refractivity contribution in [1.82, 2.24) is 0 Å². The van der Waals surface area contributed by atoms with E-state index in [9.17, 15) is 9.59 Å². The molecule has 3 rings (SSSR count). The number of methoxy groups -OCH3 is 2. The maximum Gasteiger partial charge on any atom is 0.327 e. The fourth-order valence-corrected chi connectivity index (χ4v) is 2.96. The van der Waals surface area contributed by atoms with Crippen molar-refractivity contribution in [3.63, 3.8) is 0 Å². The van der Waals surface area contributed by atoms with Gasteiger partial charge in [0.05, 0.1) is 14.2 Å². The summed E-state index contributed by atoms with van der Waals surface area (Å²) in [6, 6.07) is 11.3. The van der Waals surface area contributed by atoms with Crippen LogP contribution in [0.5, 0.6) is 11.5 Å². The summed E-state index contributed by atoms with van der Waals surface area (Å²) < 4.78 is 10.4. The van der Waals surface area contributed by atoms with Gasteiger partial charge in [-0.15, -0.1) is 0 Å². The number of ether oxygens (including phenoxy) is 2. The molecule has 3 N–H and O–H groups in total. The molecule has 0 spiro atoms. The van der Waals surface area contributed by atoms with Crippen LogP contribution in [0.1, 0.15) is 5.56 Å². The van der Waals surface area contributed by atoms with E-state index >= 15 is 0 Å². The maximum atomic E-state index is 12.8. The van der Waals surface area contributed by atoms with E-state index in [2.05, 4.69) is 5.32 Å². The number of amides is 3. The third kappa shape index (κ3) is 3.08. The van der Waals surface area contributed by atoms with E-state index in [1.54, 1.807) is 24.3 Å². The standard InChI is InChI=1S/C18H19N3O4/c1-24-15-8-7-12(10-16(15)25-2)20-18(23)21-13-6-4-3-5-11(13)9-14(21)17(19)22/h3-8,10,14H,9H2,1-2H3,(H2,19,22)(H,20,23). The number of para-hydroxylation sites is 1. The first-order valence-electron chi connectivity index (χ1n) is 7.74. The second-order valence-electron chi connectivity index (χ2n) is 5.62. The molecule has 0 saturated heterocycles. The van der Waals surface area contributed by atoms with Gasteiger partial charge in [-0.2, -0.15) is 0 Å². The Morgan fingerprint density at radius 1 is 1.12 bits per heavy atom. The molecular weight excluding hydrogens is 322 g/mol. The number of carbonyl (C=O) groups is 2. The third-order valence-electron chi connectivity index (χ3n) is 4.16. The van der Waals surface area contributed by atoms with Crippen molar-refractivity contribution in [3.05, 3.63) is 48.0 Å². The Kier molecular flexibility index (Phi) is 4.47. The highest BCUT2D eigenvalue weighted by Gasteiger charge is 2.37. The predicted molar refractivity (Wildman–Crippen MR) is 94.2 cm³/mol. The number of benzene rings is 2. The van der Waals surface area contributed by atoms with Crippen molar-refractivity contribution in [2.75, 3.05) is 24.4 Å². The molecule has 0 aromatic heterocycles. The second-order valence-corrected chi connectivity index (χ2v) is 5.62. The normalized spacial score (nSPS) is 15.4. The van der Waals surface area contributed by atoms with Gasteiger partial charge in [-0.05, 0) is 23.8 Å². The summed E-state index contributed by atoms with van der Waals surface area (Å²) in [4.78, 5) is 26.0. The lowest BCUT2D eigenvalue weighted by atomic mass is 10.1. The van der Waals surface area contributed by atoms with Crippen LogP contribution in [0.2, 0.25) is 0 Å². The molecule has 2 aromatic rings. The van der Waals surface area contributed by atoms with Gasteiger partial charge in [0.25, 0.3) is 0 Å². The van der Waals surface area contributed by atoms with Crippen molar-refractivity contribution in [1.29, 1.82) is 0 Å². The number of fused-ring (bicyclic) bond motifs is 1. The van der Waals surface area contributed by atoms with Crippen LogP contribution in [-0.4, -0.2) is 32.2 Å².